The monoisotopic (exact) mass is 275 g/mol. The molecule has 1 saturated carbocycles. The van der Waals surface area contributed by atoms with Gasteiger partial charge in [0.15, 0.2) is 0 Å². The summed E-state index contributed by atoms with van der Waals surface area (Å²) >= 11 is 0. The van der Waals surface area contributed by atoms with Gasteiger partial charge in [0.25, 0.3) is 5.56 Å². The highest BCUT2D eigenvalue weighted by Crippen LogP contribution is 2.28. The summed E-state index contributed by atoms with van der Waals surface area (Å²) in [7, 11) is 1.83. The fourth-order valence-electron chi connectivity index (χ4n) is 2.98. The molecule has 1 atom stereocenters. The van der Waals surface area contributed by atoms with Gasteiger partial charge in [-0.25, -0.2) is 0 Å². The van der Waals surface area contributed by atoms with E-state index in [0.717, 1.165) is 43.4 Å². The lowest BCUT2D eigenvalue weighted by Crippen LogP contribution is -2.37. The summed E-state index contributed by atoms with van der Waals surface area (Å²) in [5.41, 5.74) is 7.98. The van der Waals surface area contributed by atoms with Crippen LogP contribution in [0.5, 0.6) is 0 Å². The molecule has 0 aliphatic heterocycles. The van der Waals surface area contributed by atoms with Crippen LogP contribution in [0.2, 0.25) is 0 Å². The number of hydrogen-bond donors (Lipinski definition) is 1. The van der Waals surface area contributed by atoms with E-state index in [4.69, 9.17) is 5.73 Å². The van der Waals surface area contributed by atoms with Crippen LogP contribution in [-0.2, 0) is 17.8 Å². The minimum atomic E-state index is -0.101. The molecular formula is C15H21N3O2. The standard InChI is InChI=1S/C15H21N3O2/c1-17(10-5-6-10)15(20)9-18-13-4-2-3-12(16)11(13)7-8-14(18)19/h7-8,10,12H,2-6,9,16H2,1H3. The number of amides is 1. The number of nitrogens with zero attached hydrogens (tertiary/aromatic N) is 2. The van der Waals surface area contributed by atoms with Crippen molar-refractivity contribution >= 4 is 5.91 Å². The first-order valence-corrected chi connectivity index (χ1v) is 7.32. The summed E-state index contributed by atoms with van der Waals surface area (Å²) in [6.07, 6.45) is 4.91. The summed E-state index contributed by atoms with van der Waals surface area (Å²) in [4.78, 5) is 26.1. The topological polar surface area (TPSA) is 68.3 Å². The molecule has 2 aliphatic carbocycles. The Morgan fingerprint density at radius 3 is 2.85 bits per heavy atom. The highest BCUT2D eigenvalue weighted by Gasteiger charge is 2.30. The van der Waals surface area contributed by atoms with Gasteiger partial charge in [-0.15, -0.1) is 0 Å². The predicted molar refractivity (Wildman–Crippen MR) is 76.4 cm³/mol. The second-order valence-corrected chi connectivity index (χ2v) is 5.89. The molecule has 2 N–H and O–H groups in total. The highest BCUT2D eigenvalue weighted by molar-refractivity contribution is 5.76. The van der Waals surface area contributed by atoms with Crippen molar-refractivity contribution in [1.82, 2.24) is 9.47 Å². The van der Waals surface area contributed by atoms with Crippen LogP contribution in [0.15, 0.2) is 16.9 Å². The van der Waals surface area contributed by atoms with Crippen molar-refractivity contribution in [3.8, 4) is 0 Å². The number of carbonyl (C=O) groups is 1. The van der Waals surface area contributed by atoms with Crippen molar-refractivity contribution in [2.24, 2.45) is 5.73 Å². The molecule has 0 aromatic carbocycles. The van der Waals surface area contributed by atoms with Gasteiger partial charge in [-0.05, 0) is 37.7 Å². The molecule has 0 spiro atoms. The molecule has 3 rings (SSSR count). The maximum Gasteiger partial charge on any atom is 0.251 e. The molecule has 5 heteroatoms. The molecule has 5 nitrogen and oxygen atoms in total. The number of nitrogens with two attached hydrogens (primary N) is 1. The van der Waals surface area contributed by atoms with Gasteiger partial charge in [0, 0.05) is 30.9 Å². The SMILES string of the molecule is CN(C(=O)Cn1c2c(ccc1=O)C(N)CCC2)C1CC1. The van der Waals surface area contributed by atoms with Crippen molar-refractivity contribution in [3.63, 3.8) is 0 Å². The number of fused-ring (bicyclic) bond motifs is 1. The molecule has 1 fully saturated rings. The maximum absolute atomic E-state index is 12.2. The molecule has 0 saturated heterocycles. The van der Waals surface area contributed by atoms with E-state index in [9.17, 15) is 9.59 Å². The third kappa shape index (κ3) is 2.38. The summed E-state index contributed by atoms with van der Waals surface area (Å²) in [5.74, 6) is 0.0159. The normalized spacial score (nSPS) is 21.4. The molecule has 20 heavy (non-hydrogen) atoms. The van der Waals surface area contributed by atoms with Crippen LogP contribution in [0.25, 0.3) is 0 Å². The van der Waals surface area contributed by atoms with Crippen LogP contribution in [0.4, 0.5) is 0 Å². The summed E-state index contributed by atoms with van der Waals surface area (Å²) < 4.78 is 1.62. The fraction of sp³-hybridized carbons (Fsp3) is 0.600. The quantitative estimate of drug-likeness (QED) is 0.887. The number of pyridine rings is 1. The Hall–Kier alpha value is -1.62. The lowest BCUT2D eigenvalue weighted by atomic mass is 9.91. The first-order chi connectivity index (χ1) is 9.58. The van der Waals surface area contributed by atoms with E-state index in [1.54, 1.807) is 9.47 Å². The van der Waals surface area contributed by atoms with Gasteiger partial charge in [-0.1, -0.05) is 6.07 Å². The average Bonchev–Trinajstić information content (AvgIpc) is 3.25. The molecule has 0 radical (unpaired) electrons. The van der Waals surface area contributed by atoms with Crippen molar-refractivity contribution < 1.29 is 4.79 Å². The van der Waals surface area contributed by atoms with Gasteiger partial charge in [0.1, 0.15) is 6.54 Å². The first kappa shape index (κ1) is 13.4. The van der Waals surface area contributed by atoms with E-state index in [2.05, 4.69) is 0 Å². The van der Waals surface area contributed by atoms with Gasteiger partial charge in [-0.3, -0.25) is 9.59 Å². The largest absolute Gasteiger partial charge is 0.341 e. The van der Waals surface area contributed by atoms with E-state index in [1.165, 1.54) is 6.07 Å². The Bertz CT molecular complexity index is 589. The molecule has 1 heterocycles. The molecule has 0 bridgehead atoms. The van der Waals surface area contributed by atoms with Crippen LogP contribution >= 0.6 is 0 Å². The van der Waals surface area contributed by atoms with Crippen molar-refractivity contribution in [2.45, 2.75) is 50.7 Å². The van der Waals surface area contributed by atoms with Gasteiger partial charge in [-0.2, -0.15) is 0 Å². The first-order valence-electron chi connectivity index (χ1n) is 7.32. The second kappa shape index (κ2) is 5.05. The lowest BCUT2D eigenvalue weighted by molar-refractivity contribution is -0.131. The Labute approximate surface area is 118 Å². The number of likely N-dealkylation sites (N-methyl/N-ethyl adjacent to an activating group) is 1. The number of carbonyl (C=O) groups excluding carboxylic acids is 1. The molecule has 108 valence electrons. The third-order valence-corrected chi connectivity index (χ3v) is 4.44. The van der Waals surface area contributed by atoms with Crippen molar-refractivity contribution in [3.05, 3.63) is 33.7 Å². The molecule has 1 aromatic rings. The molecule has 1 aromatic heterocycles. The average molecular weight is 275 g/mol. The Balaban J connectivity index is 1.90. The van der Waals surface area contributed by atoms with E-state index >= 15 is 0 Å². The van der Waals surface area contributed by atoms with Gasteiger partial charge in [0.2, 0.25) is 5.91 Å². The maximum atomic E-state index is 12.2. The Kier molecular flexibility index (Phi) is 3.38. The van der Waals surface area contributed by atoms with E-state index in [1.807, 2.05) is 13.1 Å². The van der Waals surface area contributed by atoms with Gasteiger partial charge < -0.3 is 15.2 Å². The van der Waals surface area contributed by atoms with E-state index in [0.29, 0.717) is 6.04 Å². The zero-order valence-corrected chi connectivity index (χ0v) is 11.8. The molecular weight excluding hydrogens is 254 g/mol. The number of aromatic nitrogens is 1. The summed E-state index contributed by atoms with van der Waals surface area (Å²) in [5, 5.41) is 0. The van der Waals surface area contributed by atoms with Crippen LogP contribution in [0.3, 0.4) is 0 Å². The fourth-order valence-corrected chi connectivity index (χ4v) is 2.98. The highest BCUT2D eigenvalue weighted by atomic mass is 16.2. The van der Waals surface area contributed by atoms with Crippen LogP contribution in [0.1, 0.15) is 43.0 Å². The summed E-state index contributed by atoms with van der Waals surface area (Å²) in [6, 6.07) is 3.73. The molecule has 2 aliphatic rings. The van der Waals surface area contributed by atoms with E-state index < -0.39 is 0 Å². The molecule has 1 unspecified atom stereocenters. The Morgan fingerprint density at radius 2 is 2.15 bits per heavy atom. The zero-order chi connectivity index (χ0) is 14.3. The zero-order valence-electron chi connectivity index (χ0n) is 11.8. The van der Waals surface area contributed by atoms with Crippen LogP contribution < -0.4 is 11.3 Å². The lowest BCUT2D eigenvalue weighted by Gasteiger charge is -2.26. The second-order valence-electron chi connectivity index (χ2n) is 5.89. The van der Waals surface area contributed by atoms with Crippen LogP contribution in [-0.4, -0.2) is 28.5 Å². The Morgan fingerprint density at radius 1 is 1.40 bits per heavy atom. The van der Waals surface area contributed by atoms with Gasteiger partial charge in [0.05, 0.1) is 0 Å². The predicted octanol–water partition coefficient (Wildman–Crippen LogP) is 0.805. The van der Waals surface area contributed by atoms with E-state index in [-0.39, 0.29) is 24.1 Å². The smallest absolute Gasteiger partial charge is 0.251 e. The summed E-state index contributed by atoms with van der Waals surface area (Å²) in [6.45, 7) is 0.141. The van der Waals surface area contributed by atoms with Crippen LogP contribution in [0, 0.1) is 0 Å². The minimum Gasteiger partial charge on any atom is -0.341 e. The van der Waals surface area contributed by atoms with Gasteiger partial charge >= 0.3 is 0 Å². The number of hydrogen-bond acceptors (Lipinski definition) is 3. The molecule has 1 amide bonds. The third-order valence-electron chi connectivity index (χ3n) is 4.44. The van der Waals surface area contributed by atoms with Crippen molar-refractivity contribution in [2.75, 3.05) is 7.05 Å². The van der Waals surface area contributed by atoms with Crippen molar-refractivity contribution in [1.29, 1.82) is 0 Å². The number of rotatable bonds is 3. The minimum absolute atomic E-state index is 0.0122.